The number of ether oxygens (including phenoxy) is 1. The van der Waals surface area contributed by atoms with Gasteiger partial charge in [0.05, 0.1) is 13.7 Å². The molecule has 1 aromatic heterocycles. The van der Waals surface area contributed by atoms with E-state index in [4.69, 9.17) is 4.74 Å². The number of aromatic nitrogens is 1. The van der Waals surface area contributed by atoms with E-state index in [2.05, 4.69) is 10.3 Å². The maximum Gasteiger partial charge on any atom is 0.179 e. The first-order valence-corrected chi connectivity index (χ1v) is 7.03. The van der Waals surface area contributed by atoms with E-state index < -0.39 is 0 Å². The SMILES string of the molecule is COc1cc(C)c2[nH]c(C)c(C(=O)CNC3CC3)c2c1. The number of rotatable bonds is 5. The smallest absolute Gasteiger partial charge is 0.179 e. The van der Waals surface area contributed by atoms with Gasteiger partial charge in [-0.3, -0.25) is 4.79 Å². The monoisotopic (exact) mass is 272 g/mol. The second kappa shape index (κ2) is 4.94. The van der Waals surface area contributed by atoms with Crippen LogP contribution in [0.1, 0.15) is 34.5 Å². The van der Waals surface area contributed by atoms with Gasteiger partial charge in [0, 0.05) is 28.2 Å². The summed E-state index contributed by atoms with van der Waals surface area (Å²) < 4.78 is 5.31. The highest BCUT2D eigenvalue weighted by atomic mass is 16.5. The third-order valence-electron chi connectivity index (χ3n) is 3.91. The molecule has 4 heteroatoms. The Morgan fingerprint density at radius 2 is 2.15 bits per heavy atom. The number of methoxy groups -OCH3 is 1. The van der Waals surface area contributed by atoms with Gasteiger partial charge in [-0.15, -0.1) is 0 Å². The number of nitrogens with one attached hydrogen (secondary N) is 2. The predicted molar refractivity (Wildman–Crippen MR) is 79.7 cm³/mol. The minimum Gasteiger partial charge on any atom is -0.497 e. The maximum absolute atomic E-state index is 12.5. The lowest BCUT2D eigenvalue weighted by Gasteiger charge is -2.05. The van der Waals surface area contributed by atoms with Crippen molar-refractivity contribution in [2.75, 3.05) is 13.7 Å². The molecule has 0 spiro atoms. The Hall–Kier alpha value is -1.81. The second-order valence-corrected chi connectivity index (χ2v) is 5.57. The maximum atomic E-state index is 12.5. The van der Waals surface area contributed by atoms with E-state index in [1.54, 1.807) is 7.11 Å². The van der Waals surface area contributed by atoms with E-state index in [0.717, 1.165) is 33.5 Å². The summed E-state index contributed by atoms with van der Waals surface area (Å²) in [7, 11) is 1.65. The standard InChI is InChI=1S/C16H20N2O2/c1-9-6-12(20-3)7-13-15(10(2)18-16(9)13)14(19)8-17-11-4-5-11/h6-7,11,17-18H,4-5,8H2,1-3H3. The number of aryl methyl sites for hydroxylation is 2. The van der Waals surface area contributed by atoms with Gasteiger partial charge in [0.15, 0.2) is 5.78 Å². The summed E-state index contributed by atoms with van der Waals surface area (Å²) in [6, 6.07) is 4.46. The van der Waals surface area contributed by atoms with Crippen LogP contribution in [-0.4, -0.2) is 30.5 Å². The molecule has 106 valence electrons. The Morgan fingerprint density at radius 1 is 1.40 bits per heavy atom. The van der Waals surface area contributed by atoms with Crippen LogP contribution >= 0.6 is 0 Å². The summed E-state index contributed by atoms with van der Waals surface area (Å²) >= 11 is 0. The molecule has 0 aliphatic heterocycles. The summed E-state index contributed by atoms with van der Waals surface area (Å²) in [4.78, 5) is 15.8. The fourth-order valence-electron chi connectivity index (χ4n) is 2.66. The number of Topliss-reactive ketones (excluding diaryl/α,β-unsaturated/α-hetero) is 1. The van der Waals surface area contributed by atoms with Crippen molar-refractivity contribution in [3.63, 3.8) is 0 Å². The summed E-state index contributed by atoms with van der Waals surface area (Å²) in [5.74, 6) is 0.937. The van der Waals surface area contributed by atoms with Crippen molar-refractivity contribution in [1.82, 2.24) is 10.3 Å². The van der Waals surface area contributed by atoms with Gasteiger partial charge in [-0.1, -0.05) is 0 Å². The Balaban J connectivity index is 2.01. The van der Waals surface area contributed by atoms with E-state index in [0.29, 0.717) is 12.6 Å². The van der Waals surface area contributed by atoms with Gasteiger partial charge >= 0.3 is 0 Å². The van der Waals surface area contributed by atoms with Gasteiger partial charge in [-0.25, -0.2) is 0 Å². The molecule has 2 N–H and O–H groups in total. The average Bonchev–Trinajstić information content (AvgIpc) is 3.18. The largest absolute Gasteiger partial charge is 0.497 e. The molecule has 0 bridgehead atoms. The molecule has 1 aliphatic carbocycles. The molecule has 0 unspecified atom stereocenters. The van der Waals surface area contributed by atoms with Crippen molar-refractivity contribution in [2.45, 2.75) is 32.7 Å². The van der Waals surface area contributed by atoms with Crippen LogP contribution in [0.4, 0.5) is 0 Å². The van der Waals surface area contributed by atoms with Crippen LogP contribution in [0.25, 0.3) is 10.9 Å². The lowest BCUT2D eigenvalue weighted by molar-refractivity contribution is 0.0991. The molecular formula is C16H20N2O2. The van der Waals surface area contributed by atoms with E-state index >= 15 is 0 Å². The van der Waals surface area contributed by atoms with Crippen molar-refractivity contribution in [3.8, 4) is 5.75 Å². The summed E-state index contributed by atoms with van der Waals surface area (Å²) in [6.07, 6.45) is 2.38. The zero-order chi connectivity index (χ0) is 14.3. The number of H-pyrrole nitrogens is 1. The third kappa shape index (κ3) is 2.31. The van der Waals surface area contributed by atoms with Crippen molar-refractivity contribution in [3.05, 3.63) is 29.0 Å². The van der Waals surface area contributed by atoms with Crippen molar-refractivity contribution < 1.29 is 9.53 Å². The second-order valence-electron chi connectivity index (χ2n) is 5.57. The van der Waals surface area contributed by atoms with Crippen LogP contribution in [0.3, 0.4) is 0 Å². The topological polar surface area (TPSA) is 54.1 Å². The number of hydrogen-bond donors (Lipinski definition) is 2. The quantitative estimate of drug-likeness (QED) is 0.823. The Labute approximate surface area is 118 Å². The number of carbonyl (C=O) groups is 1. The first kappa shape index (κ1) is 13.2. The minimum atomic E-state index is 0.147. The summed E-state index contributed by atoms with van der Waals surface area (Å²) in [5.41, 5.74) is 3.84. The van der Waals surface area contributed by atoms with Crippen LogP contribution in [0.15, 0.2) is 12.1 Å². The van der Waals surface area contributed by atoms with Gasteiger partial charge < -0.3 is 15.0 Å². The highest BCUT2D eigenvalue weighted by molar-refractivity contribution is 6.11. The normalized spacial score (nSPS) is 14.8. The average molecular weight is 272 g/mol. The van der Waals surface area contributed by atoms with Crippen LogP contribution < -0.4 is 10.1 Å². The Morgan fingerprint density at radius 3 is 2.80 bits per heavy atom. The van der Waals surface area contributed by atoms with Crippen molar-refractivity contribution in [2.24, 2.45) is 0 Å². The van der Waals surface area contributed by atoms with Gasteiger partial charge in [0.1, 0.15) is 5.75 Å². The number of aromatic amines is 1. The van der Waals surface area contributed by atoms with Gasteiger partial charge in [-0.2, -0.15) is 0 Å². The fourth-order valence-corrected chi connectivity index (χ4v) is 2.66. The Bertz CT molecular complexity index is 669. The van der Waals surface area contributed by atoms with Gasteiger partial charge in [0.2, 0.25) is 0 Å². The summed E-state index contributed by atoms with van der Waals surface area (Å²) in [6.45, 7) is 4.39. The van der Waals surface area contributed by atoms with Crippen LogP contribution in [0.5, 0.6) is 5.75 Å². The Kier molecular flexibility index (Phi) is 3.26. The molecule has 0 radical (unpaired) electrons. The predicted octanol–water partition coefficient (Wildman–Crippen LogP) is 2.73. The molecule has 1 fully saturated rings. The number of ketones is 1. The van der Waals surface area contributed by atoms with Gasteiger partial charge in [0.25, 0.3) is 0 Å². The molecule has 0 amide bonds. The molecule has 20 heavy (non-hydrogen) atoms. The number of hydrogen-bond acceptors (Lipinski definition) is 3. The number of fused-ring (bicyclic) bond motifs is 1. The number of benzene rings is 1. The highest BCUT2D eigenvalue weighted by Crippen LogP contribution is 2.29. The molecule has 3 rings (SSSR count). The van der Waals surface area contributed by atoms with Crippen LogP contribution in [0.2, 0.25) is 0 Å². The lowest BCUT2D eigenvalue weighted by atomic mass is 10.0. The molecular weight excluding hydrogens is 252 g/mol. The van der Waals surface area contributed by atoms with E-state index in [1.165, 1.54) is 12.8 Å². The number of carbonyl (C=O) groups excluding carboxylic acids is 1. The molecule has 0 atom stereocenters. The zero-order valence-corrected chi connectivity index (χ0v) is 12.2. The van der Waals surface area contributed by atoms with Crippen LogP contribution in [-0.2, 0) is 0 Å². The third-order valence-corrected chi connectivity index (χ3v) is 3.91. The minimum absolute atomic E-state index is 0.147. The fraction of sp³-hybridized carbons (Fsp3) is 0.438. The molecule has 0 saturated heterocycles. The summed E-state index contributed by atoms with van der Waals surface area (Å²) in [5, 5.41) is 4.25. The molecule has 1 aromatic carbocycles. The molecule has 1 heterocycles. The van der Waals surface area contributed by atoms with Crippen molar-refractivity contribution in [1.29, 1.82) is 0 Å². The molecule has 4 nitrogen and oxygen atoms in total. The van der Waals surface area contributed by atoms with Crippen molar-refractivity contribution >= 4 is 16.7 Å². The van der Waals surface area contributed by atoms with Gasteiger partial charge in [-0.05, 0) is 44.4 Å². The van der Waals surface area contributed by atoms with E-state index in [9.17, 15) is 4.79 Å². The first-order valence-electron chi connectivity index (χ1n) is 7.03. The molecule has 1 saturated carbocycles. The highest BCUT2D eigenvalue weighted by Gasteiger charge is 2.23. The first-order chi connectivity index (χ1) is 9.60. The lowest BCUT2D eigenvalue weighted by Crippen LogP contribution is -2.25. The zero-order valence-electron chi connectivity index (χ0n) is 12.2. The molecule has 1 aliphatic rings. The van der Waals surface area contributed by atoms with E-state index in [1.807, 2.05) is 26.0 Å². The molecule has 2 aromatic rings. The van der Waals surface area contributed by atoms with E-state index in [-0.39, 0.29) is 5.78 Å². The van der Waals surface area contributed by atoms with Crippen LogP contribution in [0, 0.1) is 13.8 Å².